The first-order valence-electron chi connectivity index (χ1n) is 8.94. The minimum Gasteiger partial charge on any atom is -0.310 e. The van der Waals surface area contributed by atoms with E-state index in [1.807, 2.05) is 0 Å². The van der Waals surface area contributed by atoms with E-state index in [-0.39, 0.29) is 11.7 Å². The summed E-state index contributed by atoms with van der Waals surface area (Å²) in [5.74, 6) is 0.785. The maximum atomic E-state index is 11.9. The summed E-state index contributed by atoms with van der Waals surface area (Å²) in [6, 6.07) is 8.39. The van der Waals surface area contributed by atoms with E-state index in [9.17, 15) is 8.42 Å². The molecule has 0 bridgehead atoms. The van der Waals surface area contributed by atoms with Crippen molar-refractivity contribution in [2.75, 3.05) is 18.1 Å². The Labute approximate surface area is 143 Å². The molecule has 0 radical (unpaired) electrons. The molecule has 1 aromatic carbocycles. The highest BCUT2D eigenvalue weighted by molar-refractivity contribution is 7.91. The van der Waals surface area contributed by atoms with Gasteiger partial charge in [-0.05, 0) is 44.2 Å². The average molecular weight is 350 g/mol. The van der Waals surface area contributed by atoms with E-state index in [2.05, 4.69) is 47.2 Å². The lowest BCUT2D eigenvalue weighted by molar-refractivity contribution is 0.483. The van der Waals surface area contributed by atoms with Gasteiger partial charge in [0.25, 0.3) is 0 Å². The number of aromatic nitrogens is 2. The van der Waals surface area contributed by atoms with Crippen LogP contribution in [0.2, 0.25) is 0 Å². The maximum absolute atomic E-state index is 11.9. The lowest BCUT2D eigenvalue weighted by Gasteiger charge is -2.19. The number of imidazole rings is 1. The molecule has 0 spiro atoms. The van der Waals surface area contributed by atoms with E-state index >= 15 is 0 Å². The first-order valence-corrected chi connectivity index (χ1v) is 10.8. The largest absolute Gasteiger partial charge is 0.310 e. The van der Waals surface area contributed by atoms with Crippen molar-refractivity contribution in [1.82, 2.24) is 9.13 Å². The number of fused-ring (bicyclic) bond motifs is 1. The first-order chi connectivity index (χ1) is 11.6. The lowest BCUT2D eigenvalue weighted by atomic mass is 10.1. The third-order valence-corrected chi connectivity index (χ3v) is 6.65. The molecular formula is C18H27N3O2S. The van der Waals surface area contributed by atoms with Gasteiger partial charge in [0, 0.05) is 19.6 Å². The molecule has 0 saturated carbocycles. The van der Waals surface area contributed by atoms with Gasteiger partial charge in [0.1, 0.15) is 0 Å². The zero-order valence-corrected chi connectivity index (χ0v) is 15.4. The van der Waals surface area contributed by atoms with E-state index < -0.39 is 9.84 Å². The van der Waals surface area contributed by atoms with Crippen molar-refractivity contribution in [3.63, 3.8) is 0 Å². The van der Waals surface area contributed by atoms with Gasteiger partial charge in [-0.3, -0.25) is 4.99 Å². The van der Waals surface area contributed by atoms with E-state index in [1.165, 1.54) is 11.0 Å². The van der Waals surface area contributed by atoms with Crippen molar-refractivity contribution in [3.8, 4) is 0 Å². The Bertz CT molecular complexity index is 877. The number of hydrogen-bond acceptors (Lipinski definition) is 3. The molecule has 132 valence electrons. The van der Waals surface area contributed by atoms with Crippen LogP contribution in [0.5, 0.6) is 0 Å². The number of para-hydroxylation sites is 2. The van der Waals surface area contributed by atoms with Crippen LogP contribution in [0.15, 0.2) is 29.3 Å². The van der Waals surface area contributed by atoms with Crippen LogP contribution in [-0.2, 0) is 22.9 Å². The molecule has 1 unspecified atom stereocenters. The topological polar surface area (TPSA) is 56.4 Å². The van der Waals surface area contributed by atoms with Crippen LogP contribution in [-0.4, -0.2) is 35.6 Å². The summed E-state index contributed by atoms with van der Waals surface area (Å²) in [6.07, 6.45) is 2.78. The Hall–Kier alpha value is -1.56. The number of nitrogens with zero attached hydrogens (tertiary/aromatic N) is 3. The quantitative estimate of drug-likeness (QED) is 0.833. The zero-order chi connectivity index (χ0) is 17.2. The predicted molar refractivity (Wildman–Crippen MR) is 97.7 cm³/mol. The summed E-state index contributed by atoms with van der Waals surface area (Å²) < 4.78 is 28.2. The van der Waals surface area contributed by atoms with Gasteiger partial charge in [-0.15, -0.1) is 0 Å². The molecule has 1 aromatic heterocycles. The van der Waals surface area contributed by atoms with Crippen molar-refractivity contribution in [3.05, 3.63) is 29.9 Å². The van der Waals surface area contributed by atoms with Crippen LogP contribution in [0.4, 0.5) is 0 Å². The molecule has 1 aliphatic rings. The number of rotatable bonds is 5. The van der Waals surface area contributed by atoms with Gasteiger partial charge in [-0.25, -0.2) is 8.42 Å². The molecule has 6 heteroatoms. The van der Waals surface area contributed by atoms with Crippen molar-refractivity contribution < 1.29 is 8.42 Å². The van der Waals surface area contributed by atoms with Crippen molar-refractivity contribution in [1.29, 1.82) is 0 Å². The molecule has 0 amide bonds. The fraction of sp³-hybridized carbons (Fsp3) is 0.611. The molecule has 0 N–H and O–H groups in total. The summed E-state index contributed by atoms with van der Waals surface area (Å²) >= 11 is 0. The maximum Gasteiger partial charge on any atom is 0.205 e. The Morgan fingerprint density at radius 2 is 1.88 bits per heavy atom. The second-order valence-electron chi connectivity index (χ2n) is 6.65. The normalized spacial score (nSPS) is 21.4. The fourth-order valence-corrected chi connectivity index (χ4v) is 5.44. The second-order valence-corrected chi connectivity index (χ2v) is 8.88. The average Bonchev–Trinajstić information content (AvgIpc) is 2.86. The molecule has 1 aliphatic heterocycles. The standard InChI is InChI=1S/C18H27N3O2S/c1-3-11-21-17-10-6-5-9-16(17)20(4-2)18(21)19-13-15-8-7-12-24(22,23)14-15/h5-6,9-10,15H,3-4,7-8,11-14H2,1-2H3. The summed E-state index contributed by atoms with van der Waals surface area (Å²) in [5, 5.41) is 0. The predicted octanol–water partition coefficient (Wildman–Crippen LogP) is 2.60. The minimum atomic E-state index is -2.87. The monoisotopic (exact) mass is 349 g/mol. The minimum absolute atomic E-state index is 0.155. The Morgan fingerprint density at radius 1 is 1.17 bits per heavy atom. The van der Waals surface area contributed by atoms with E-state index in [0.717, 1.165) is 38.0 Å². The van der Waals surface area contributed by atoms with Crippen LogP contribution in [0.3, 0.4) is 0 Å². The summed E-state index contributed by atoms with van der Waals surface area (Å²) in [5.41, 5.74) is 3.38. The summed E-state index contributed by atoms with van der Waals surface area (Å²) in [4.78, 5) is 4.88. The molecule has 1 fully saturated rings. The molecule has 5 nitrogen and oxygen atoms in total. The molecule has 1 atom stereocenters. The molecule has 3 rings (SSSR count). The molecule has 0 aliphatic carbocycles. The summed E-state index contributed by atoms with van der Waals surface area (Å²) in [6.45, 7) is 6.68. The first kappa shape index (κ1) is 17.3. The van der Waals surface area contributed by atoms with Crippen molar-refractivity contribution >= 4 is 20.9 Å². The van der Waals surface area contributed by atoms with Crippen LogP contribution in [0.25, 0.3) is 11.0 Å². The highest BCUT2D eigenvalue weighted by Crippen LogP contribution is 2.19. The molecule has 1 saturated heterocycles. The van der Waals surface area contributed by atoms with Gasteiger partial charge < -0.3 is 9.13 Å². The number of sulfone groups is 1. The Balaban J connectivity index is 2.02. The van der Waals surface area contributed by atoms with E-state index in [0.29, 0.717) is 12.3 Å². The third kappa shape index (κ3) is 3.43. The van der Waals surface area contributed by atoms with Crippen LogP contribution < -0.4 is 5.62 Å². The van der Waals surface area contributed by atoms with Crippen LogP contribution in [0.1, 0.15) is 33.1 Å². The number of benzene rings is 1. The second kappa shape index (κ2) is 7.13. The van der Waals surface area contributed by atoms with Crippen molar-refractivity contribution in [2.24, 2.45) is 10.9 Å². The third-order valence-electron chi connectivity index (χ3n) is 4.76. The van der Waals surface area contributed by atoms with Crippen LogP contribution >= 0.6 is 0 Å². The molecule has 2 aromatic rings. The SMILES string of the molecule is CCCn1c(=NCC2CCCS(=O)(=O)C2)n(CC)c2ccccc21. The number of aryl methyl sites for hydroxylation is 2. The van der Waals surface area contributed by atoms with Gasteiger partial charge >= 0.3 is 0 Å². The van der Waals surface area contributed by atoms with Gasteiger partial charge in [0.15, 0.2) is 9.84 Å². The zero-order valence-electron chi connectivity index (χ0n) is 14.6. The lowest BCUT2D eigenvalue weighted by Crippen LogP contribution is -2.30. The van der Waals surface area contributed by atoms with E-state index in [1.54, 1.807) is 0 Å². The van der Waals surface area contributed by atoms with Gasteiger partial charge in [0.05, 0.1) is 22.5 Å². The summed E-state index contributed by atoms with van der Waals surface area (Å²) in [7, 11) is -2.87. The highest BCUT2D eigenvalue weighted by atomic mass is 32.2. The highest BCUT2D eigenvalue weighted by Gasteiger charge is 2.24. The Kier molecular flexibility index (Phi) is 5.13. The van der Waals surface area contributed by atoms with Gasteiger partial charge in [-0.1, -0.05) is 19.1 Å². The number of hydrogen-bond donors (Lipinski definition) is 0. The Morgan fingerprint density at radius 3 is 2.50 bits per heavy atom. The fourth-order valence-electron chi connectivity index (χ4n) is 3.68. The smallest absolute Gasteiger partial charge is 0.205 e. The van der Waals surface area contributed by atoms with Gasteiger partial charge in [0.2, 0.25) is 5.62 Å². The molecule has 24 heavy (non-hydrogen) atoms. The van der Waals surface area contributed by atoms with Crippen LogP contribution in [0, 0.1) is 5.92 Å². The molecule has 2 heterocycles. The van der Waals surface area contributed by atoms with Gasteiger partial charge in [-0.2, -0.15) is 0 Å². The van der Waals surface area contributed by atoms with Crippen molar-refractivity contribution in [2.45, 2.75) is 46.2 Å². The molecular weight excluding hydrogens is 322 g/mol. The van der Waals surface area contributed by atoms with E-state index in [4.69, 9.17) is 4.99 Å².